The van der Waals surface area contributed by atoms with Crippen molar-refractivity contribution in [3.05, 3.63) is 69.5 Å². The van der Waals surface area contributed by atoms with Gasteiger partial charge in [0.2, 0.25) is 0 Å². The fraction of sp³-hybridized carbons (Fsp3) is 0.360. The predicted molar refractivity (Wildman–Crippen MR) is 128 cm³/mol. The minimum absolute atomic E-state index is 0.0502. The molecule has 0 aliphatic carbocycles. The van der Waals surface area contributed by atoms with Crippen LogP contribution in [0.4, 0.5) is 4.39 Å². The molecule has 1 aliphatic heterocycles. The first-order valence-electron chi connectivity index (χ1n) is 10.7. The van der Waals surface area contributed by atoms with Crippen LogP contribution in [-0.4, -0.2) is 59.9 Å². The summed E-state index contributed by atoms with van der Waals surface area (Å²) in [5.74, 6) is -2.49. The Morgan fingerprint density at radius 2 is 1.94 bits per heavy atom. The highest BCUT2D eigenvalue weighted by atomic mass is 79.9. The second kappa shape index (κ2) is 10.5. The minimum atomic E-state index is -0.787. The van der Waals surface area contributed by atoms with E-state index < -0.39 is 29.3 Å². The Morgan fingerprint density at radius 3 is 2.55 bits per heavy atom. The number of rotatable bonds is 8. The van der Waals surface area contributed by atoms with E-state index in [1.807, 2.05) is 31.1 Å². The van der Waals surface area contributed by atoms with Gasteiger partial charge >= 0.3 is 0 Å². The van der Waals surface area contributed by atoms with Crippen LogP contribution in [0.15, 0.2) is 52.5 Å². The Balaban J connectivity index is 2.08. The molecule has 0 bridgehead atoms. The summed E-state index contributed by atoms with van der Waals surface area (Å²) in [6.07, 6.45) is 0.434. The van der Waals surface area contributed by atoms with Gasteiger partial charge in [0.05, 0.1) is 17.7 Å². The summed E-state index contributed by atoms with van der Waals surface area (Å²) in [7, 11) is 3.86. The molecule has 33 heavy (non-hydrogen) atoms. The highest BCUT2D eigenvalue weighted by molar-refractivity contribution is 9.10. The maximum Gasteiger partial charge on any atom is 0.295 e. The molecule has 2 aromatic carbocycles. The Kier molecular flexibility index (Phi) is 7.92. The first kappa shape index (κ1) is 24.9. The first-order valence-corrected chi connectivity index (χ1v) is 11.5. The second-order valence-electron chi connectivity index (χ2n) is 8.52. The molecule has 8 heteroatoms. The number of likely N-dealkylation sites (tertiary alicyclic amines) is 1. The Hall–Kier alpha value is -2.71. The van der Waals surface area contributed by atoms with Gasteiger partial charge in [-0.05, 0) is 76.8 Å². The molecule has 2 aromatic rings. The van der Waals surface area contributed by atoms with Crippen LogP contribution in [0.3, 0.4) is 0 Å². The summed E-state index contributed by atoms with van der Waals surface area (Å²) in [6, 6.07) is 10.5. The van der Waals surface area contributed by atoms with E-state index in [2.05, 4.69) is 15.9 Å². The number of ether oxygens (including phenoxy) is 1. The quantitative estimate of drug-likeness (QED) is 0.310. The van der Waals surface area contributed by atoms with E-state index in [4.69, 9.17) is 4.74 Å². The maximum atomic E-state index is 14.6. The van der Waals surface area contributed by atoms with Crippen molar-refractivity contribution >= 4 is 33.4 Å². The number of amides is 1. The molecule has 1 heterocycles. The lowest BCUT2D eigenvalue weighted by Gasteiger charge is -2.26. The molecule has 0 aromatic heterocycles. The van der Waals surface area contributed by atoms with Crippen molar-refractivity contribution in [2.24, 2.45) is 0 Å². The lowest BCUT2D eigenvalue weighted by Crippen LogP contribution is -2.32. The van der Waals surface area contributed by atoms with Gasteiger partial charge in [0.25, 0.3) is 11.7 Å². The van der Waals surface area contributed by atoms with Crippen molar-refractivity contribution in [1.29, 1.82) is 0 Å². The molecule has 0 saturated carbocycles. The maximum absolute atomic E-state index is 14.6. The zero-order valence-electron chi connectivity index (χ0n) is 19.1. The molecular formula is C25H28BrFN2O4. The summed E-state index contributed by atoms with van der Waals surface area (Å²) < 4.78 is 20.8. The number of hydrogen-bond acceptors (Lipinski definition) is 5. The molecule has 176 valence electrons. The molecular weight excluding hydrogens is 491 g/mol. The highest BCUT2D eigenvalue weighted by Crippen LogP contribution is 2.40. The van der Waals surface area contributed by atoms with Crippen LogP contribution in [0.2, 0.25) is 0 Å². The van der Waals surface area contributed by atoms with E-state index in [1.165, 1.54) is 17.0 Å². The van der Waals surface area contributed by atoms with E-state index in [0.29, 0.717) is 18.5 Å². The number of benzene rings is 2. The number of hydrogen-bond donors (Lipinski definition) is 1. The van der Waals surface area contributed by atoms with E-state index in [0.717, 1.165) is 17.1 Å². The zero-order chi connectivity index (χ0) is 24.3. The van der Waals surface area contributed by atoms with Crippen LogP contribution in [-0.2, 0) is 9.59 Å². The Morgan fingerprint density at radius 1 is 1.21 bits per heavy atom. The molecule has 1 saturated heterocycles. The number of aliphatic hydroxyl groups is 1. The minimum Gasteiger partial charge on any atom is -0.507 e. The topological polar surface area (TPSA) is 70.1 Å². The lowest BCUT2D eigenvalue weighted by molar-refractivity contribution is -0.139. The monoisotopic (exact) mass is 518 g/mol. The number of carbonyl (C=O) groups is 2. The summed E-state index contributed by atoms with van der Waals surface area (Å²) >= 11 is 3.43. The van der Waals surface area contributed by atoms with E-state index >= 15 is 0 Å². The van der Waals surface area contributed by atoms with E-state index in [1.54, 1.807) is 26.0 Å². The van der Waals surface area contributed by atoms with Gasteiger partial charge in [-0.3, -0.25) is 9.59 Å². The van der Waals surface area contributed by atoms with Crippen LogP contribution in [0.5, 0.6) is 5.75 Å². The third kappa shape index (κ3) is 5.62. The average molecular weight is 519 g/mol. The van der Waals surface area contributed by atoms with Gasteiger partial charge in [-0.2, -0.15) is 0 Å². The van der Waals surface area contributed by atoms with Crippen molar-refractivity contribution in [2.45, 2.75) is 32.4 Å². The fourth-order valence-electron chi connectivity index (χ4n) is 3.84. The molecule has 0 radical (unpaired) electrons. The lowest BCUT2D eigenvalue weighted by atomic mass is 9.95. The summed E-state index contributed by atoms with van der Waals surface area (Å²) in [4.78, 5) is 29.5. The molecule has 1 N–H and O–H groups in total. The van der Waals surface area contributed by atoms with Crippen molar-refractivity contribution in [3.8, 4) is 5.75 Å². The summed E-state index contributed by atoms with van der Waals surface area (Å²) in [5, 5.41) is 11.1. The normalized spacial score (nSPS) is 17.9. The van der Waals surface area contributed by atoms with E-state index in [9.17, 15) is 19.1 Å². The number of aliphatic hydroxyl groups excluding tert-OH is 1. The molecule has 6 nitrogen and oxygen atoms in total. The smallest absolute Gasteiger partial charge is 0.295 e. The van der Waals surface area contributed by atoms with Gasteiger partial charge in [0.15, 0.2) is 11.6 Å². The predicted octanol–water partition coefficient (Wildman–Crippen LogP) is 4.75. The SMILES string of the molecule is CC(C)Oc1ccc(/C(O)=C2\C(=O)C(=O)N(CCCN(C)C)[C@@H]2c2cccc(Br)c2)cc1F. The van der Waals surface area contributed by atoms with Crippen molar-refractivity contribution in [3.63, 3.8) is 0 Å². The number of Topliss-reactive ketones (excluding diaryl/α,β-unsaturated/α-hetero) is 1. The van der Waals surface area contributed by atoms with Gasteiger partial charge in [-0.15, -0.1) is 0 Å². The van der Waals surface area contributed by atoms with Crippen LogP contribution in [0, 0.1) is 5.82 Å². The molecule has 0 unspecified atom stereocenters. The van der Waals surface area contributed by atoms with Gasteiger partial charge < -0.3 is 19.6 Å². The van der Waals surface area contributed by atoms with Gasteiger partial charge in [-0.25, -0.2) is 4.39 Å². The molecule has 0 spiro atoms. The van der Waals surface area contributed by atoms with Crippen LogP contribution >= 0.6 is 15.9 Å². The zero-order valence-corrected chi connectivity index (χ0v) is 20.7. The van der Waals surface area contributed by atoms with Gasteiger partial charge in [0, 0.05) is 16.6 Å². The van der Waals surface area contributed by atoms with Crippen LogP contribution in [0.25, 0.3) is 5.76 Å². The first-order chi connectivity index (χ1) is 15.6. The molecule has 1 aliphatic rings. The largest absolute Gasteiger partial charge is 0.507 e. The van der Waals surface area contributed by atoms with Crippen LogP contribution in [0.1, 0.15) is 37.4 Å². The molecule has 1 amide bonds. The van der Waals surface area contributed by atoms with Gasteiger partial charge in [-0.1, -0.05) is 28.1 Å². The standard InChI is InChI=1S/C25H28BrFN2O4/c1-15(2)33-20-10-9-17(14-19(20)27)23(30)21-22(16-7-5-8-18(26)13-16)29(25(32)24(21)31)12-6-11-28(3)4/h5,7-10,13-15,22,30H,6,11-12H2,1-4H3/b23-21+/t22-/m1/s1. The number of ketones is 1. The summed E-state index contributed by atoms with van der Waals surface area (Å²) in [6.45, 7) is 4.63. The van der Waals surface area contributed by atoms with Crippen molar-refractivity contribution in [1.82, 2.24) is 9.80 Å². The average Bonchev–Trinajstić information content (AvgIpc) is 2.99. The third-order valence-corrected chi connectivity index (χ3v) is 5.77. The number of halogens is 2. The van der Waals surface area contributed by atoms with Crippen LogP contribution < -0.4 is 4.74 Å². The highest BCUT2D eigenvalue weighted by Gasteiger charge is 2.45. The van der Waals surface area contributed by atoms with Crippen molar-refractivity contribution < 1.29 is 23.8 Å². The van der Waals surface area contributed by atoms with Gasteiger partial charge in [0.1, 0.15) is 5.76 Å². The number of nitrogens with zero attached hydrogens (tertiary/aromatic N) is 2. The number of carbonyl (C=O) groups excluding carboxylic acids is 2. The molecule has 3 rings (SSSR count). The summed E-state index contributed by atoms with van der Waals surface area (Å²) in [5.41, 5.74) is 0.727. The van der Waals surface area contributed by atoms with Crippen molar-refractivity contribution in [2.75, 3.05) is 27.2 Å². The molecule has 1 fully saturated rings. The Bertz CT molecular complexity index is 1080. The third-order valence-electron chi connectivity index (χ3n) is 5.28. The van der Waals surface area contributed by atoms with E-state index in [-0.39, 0.29) is 23.0 Å². The second-order valence-corrected chi connectivity index (χ2v) is 9.43. The molecule has 1 atom stereocenters. The fourth-order valence-corrected chi connectivity index (χ4v) is 4.26. The Labute approximate surface area is 201 Å².